The SMILES string of the molecule is CCCCCC#Cc1cn([C@H]2C[C@@H](O)[C@@H](C)O2)c(=O)[nH]c1=O.C[C@H]1O[C@@H](n2cc(C#CCCCCO)c(=O)[nH]c2=O)C[C@H]1O. The van der Waals surface area contributed by atoms with Crippen LogP contribution in [0.5, 0.6) is 0 Å². The Morgan fingerprint density at radius 3 is 1.57 bits per heavy atom. The molecule has 0 radical (unpaired) electrons. The molecule has 2 fully saturated rings. The zero-order chi connectivity index (χ0) is 32.2. The van der Waals surface area contributed by atoms with Crippen LogP contribution < -0.4 is 22.5 Å². The summed E-state index contributed by atoms with van der Waals surface area (Å²) in [7, 11) is 0. The zero-order valence-corrected chi connectivity index (χ0v) is 25.4. The Kier molecular flexibility index (Phi) is 13.4. The first-order valence-electron chi connectivity index (χ1n) is 15.0. The topological polar surface area (TPSA) is 189 Å². The lowest BCUT2D eigenvalue weighted by molar-refractivity contribution is -0.0102. The number of ether oxygens (including phenoxy) is 2. The van der Waals surface area contributed by atoms with E-state index in [0.29, 0.717) is 19.3 Å². The second-order valence-electron chi connectivity index (χ2n) is 10.9. The Bertz CT molecular complexity index is 1460. The maximum Gasteiger partial charge on any atom is 0.330 e. The molecule has 0 aromatic carbocycles. The predicted molar refractivity (Wildman–Crippen MR) is 162 cm³/mol. The van der Waals surface area contributed by atoms with E-state index in [4.69, 9.17) is 14.6 Å². The second kappa shape index (κ2) is 16.9. The highest BCUT2D eigenvalue weighted by Crippen LogP contribution is 2.27. The Hall–Kier alpha value is -3.72. The average molecular weight is 615 g/mol. The molecular formula is C31H42N4O9. The van der Waals surface area contributed by atoms with Gasteiger partial charge in [-0.3, -0.25) is 28.7 Å². The third-order valence-electron chi connectivity index (χ3n) is 7.33. The van der Waals surface area contributed by atoms with Crippen molar-refractivity contribution in [2.75, 3.05) is 6.61 Å². The lowest BCUT2D eigenvalue weighted by atomic mass is 10.2. The smallest absolute Gasteiger partial charge is 0.330 e. The van der Waals surface area contributed by atoms with Crippen molar-refractivity contribution in [1.82, 2.24) is 19.1 Å². The largest absolute Gasteiger partial charge is 0.396 e. The summed E-state index contributed by atoms with van der Waals surface area (Å²) in [6.07, 6.45) is 6.17. The molecule has 0 unspecified atom stereocenters. The molecule has 6 atom stereocenters. The molecule has 44 heavy (non-hydrogen) atoms. The molecule has 2 saturated heterocycles. The summed E-state index contributed by atoms with van der Waals surface area (Å²) >= 11 is 0. The average Bonchev–Trinajstić information content (AvgIpc) is 3.49. The van der Waals surface area contributed by atoms with E-state index >= 15 is 0 Å². The normalized spacial score (nSPS) is 24.0. The number of nitrogens with zero attached hydrogens (tertiary/aromatic N) is 2. The maximum atomic E-state index is 11.9. The molecular weight excluding hydrogens is 572 g/mol. The van der Waals surface area contributed by atoms with E-state index in [1.807, 2.05) is 0 Å². The van der Waals surface area contributed by atoms with E-state index in [1.165, 1.54) is 21.5 Å². The highest BCUT2D eigenvalue weighted by atomic mass is 16.5. The third kappa shape index (κ3) is 9.64. The van der Waals surface area contributed by atoms with Crippen LogP contribution in [0.1, 0.15) is 102 Å². The Balaban J connectivity index is 0.000000240. The molecule has 0 amide bonds. The van der Waals surface area contributed by atoms with Gasteiger partial charge >= 0.3 is 11.4 Å². The van der Waals surface area contributed by atoms with Crippen molar-refractivity contribution in [3.63, 3.8) is 0 Å². The predicted octanol–water partition coefficient (Wildman–Crippen LogP) is 0.856. The molecule has 2 aromatic heterocycles. The Morgan fingerprint density at radius 1 is 0.773 bits per heavy atom. The number of hydrogen-bond donors (Lipinski definition) is 5. The maximum absolute atomic E-state index is 11.9. The summed E-state index contributed by atoms with van der Waals surface area (Å²) in [6.45, 7) is 5.71. The van der Waals surface area contributed by atoms with Crippen molar-refractivity contribution in [2.24, 2.45) is 0 Å². The molecule has 13 nitrogen and oxygen atoms in total. The number of rotatable bonds is 8. The lowest BCUT2D eigenvalue weighted by Crippen LogP contribution is -2.33. The first-order chi connectivity index (χ1) is 21.0. The summed E-state index contributed by atoms with van der Waals surface area (Å²) in [5.41, 5.74) is -1.73. The molecule has 4 heterocycles. The summed E-state index contributed by atoms with van der Waals surface area (Å²) in [6, 6.07) is 0. The number of aliphatic hydroxyl groups is 3. The molecule has 2 aliphatic rings. The molecule has 13 heteroatoms. The van der Waals surface area contributed by atoms with Crippen molar-refractivity contribution < 1.29 is 24.8 Å². The fourth-order valence-electron chi connectivity index (χ4n) is 4.62. The van der Waals surface area contributed by atoms with Gasteiger partial charge in [-0.25, -0.2) is 9.59 Å². The van der Waals surface area contributed by atoms with E-state index in [1.54, 1.807) is 13.8 Å². The van der Waals surface area contributed by atoms with E-state index in [9.17, 15) is 29.4 Å². The minimum absolute atomic E-state index is 0.118. The summed E-state index contributed by atoms with van der Waals surface area (Å²) in [4.78, 5) is 51.8. The monoisotopic (exact) mass is 614 g/mol. The zero-order valence-electron chi connectivity index (χ0n) is 25.4. The third-order valence-corrected chi connectivity index (χ3v) is 7.33. The summed E-state index contributed by atoms with van der Waals surface area (Å²) in [5.74, 6) is 11.3. The van der Waals surface area contributed by atoms with Gasteiger partial charge in [-0.15, -0.1) is 0 Å². The molecule has 240 valence electrons. The van der Waals surface area contributed by atoms with Gasteiger partial charge in [0.1, 0.15) is 23.6 Å². The van der Waals surface area contributed by atoms with Crippen LogP contribution in [0.15, 0.2) is 31.6 Å². The van der Waals surface area contributed by atoms with Gasteiger partial charge in [-0.05, 0) is 33.1 Å². The summed E-state index contributed by atoms with van der Waals surface area (Å²) in [5, 5.41) is 28.1. The molecule has 2 aromatic rings. The quantitative estimate of drug-likeness (QED) is 0.212. The molecule has 0 saturated carbocycles. The van der Waals surface area contributed by atoms with Gasteiger partial charge in [0, 0.05) is 44.7 Å². The van der Waals surface area contributed by atoms with Crippen molar-refractivity contribution >= 4 is 0 Å². The van der Waals surface area contributed by atoms with Crippen LogP contribution in [0.4, 0.5) is 0 Å². The standard InChI is InChI=1S/C16H22N2O4.C15H20N2O5/c1-3-4-5-6-7-8-12-10-18(16(21)17-15(12)20)14-9-13(19)11(2)22-14;1-10-12(19)8-13(22-10)17-9-11(14(20)16-15(17)21)6-4-2-3-5-7-18/h10-11,13-14,19H,3-6,9H2,1-2H3,(H,17,20,21);9-10,12-13,18-19H,2-3,5,7-8H2,1H3,(H,16,20,21)/t11-,13-,14-;10-,12-,13-/m11/s1. The van der Waals surface area contributed by atoms with Crippen LogP contribution in [0.3, 0.4) is 0 Å². The second-order valence-corrected chi connectivity index (χ2v) is 10.9. The van der Waals surface area contributed by atoms with Crippen LogP contribution in [0, 0.1) is 23.7 Å². The first kappa shape index (κ1) is 34.8. The fraction of sp³-hybridized carbons (Fsp3) is 0.613. The Labute approximate surface area is 254 Å². The van der Waals surface area contributed by atoms with Gasteiger partial charge < -0.3 is 24.8 Å². The lowest BCUT2D eigenvalue weighted by Gasteiger charge is -2.13. The van der Waals surface area contributed by atoms with Crippen LogP contribution in [0.2, 0.25) is 0 Å². The van der Waals surface area contributed by atoms with Crippen LogP contribution >= 0.6 is 0 Å². The van der Waals surface area contributed by atoms with Crippen molar-refractivity contribution in [3.8, 4) is 23.7 Å². The number of nitrogens with one attached hydrogen (secondary N) is 2. The van der Waals surface area contributed by atoms with Crippen molar-refractivity contribution in [1.29, 1.82) is 0 Å². The van der Waals surface area contributed by atoms with Gasteiger partial charge in [-0.1, -0.05) is 43.4 Å². The number of aromatic amines is 2. The molecule has 0 aliphatic carbocycles. The number of aromatic nitrogens is 4. The molecule has 0 spiro atoms. The van der Waals surface area contributed by atoms with E-state index in [-0.39, 0.29) is 36.4 Å². The van der Waals surface area contributed by atoms with Crippen molar-refractivity contribution in [3.05, 3.63) is 65.2 Å². The number of unbranched alkanes of at least 4 members (excludes halogenated alkanes) is 5. The summed E-state index contributed by atoms with van der Waals surface area (Å²) < 4.78 is 13.6. The molecule has 5 N–H and O–H groups in total. The van der Waals surface area contributed by atoms with Gasteiger partial charge in [0.15, 0.2) is 0 Å². The number of H-pyrrole nitrogens is 2. The van der Waals surface area contributed by atoms with Gasteiger partial charge in [-0.2, -0.15) is 0 Å². The molecule has 0 bridgehead atoms. The van der Waals surface area contributed by atoms with Crippen LogP contribution in [-0.4, -0.2) is 65.4 Å². The van der Waals surface area contributed by atoms with Crippen LogP contribution in [0.25, 0.3) is 0 Å². The highest BCUT2D eigenvalue weighted by Gasteiger charge is 2.33. The minimum atomic E-state index is -0.642. The number of hydrogen-bond acceptors (Lipinski definition) is 9. The first-order valence-corrected chi connectivity index (χ1v) is 15.0. The van der Waals surface area contributed by atoms with Gasteiger partial charge in [0.25, 0.3) is 11.1 Å². The van der Waals surface area contributed by atoms with Gasteiger partial charge in [0.2, 0.25) is 0 Å². The fourth-order valence-corrected chi connectivity index (χ4v) is 4.62. The van der Waals surface area contributed by atoms with Gasteiger partial charge in [0.05, 0.1) is 24.4 Å². The van der Waals surface area contributed by atoms with E-state index in [2.05, 4.69) is 40.6 Å². The van der Waals surface area contributed by atoms with Crippen molar-refractivity contribution in [2.45, 2.75) is 115 Å². The minimum Gasteiger partial charge on any atom is -0.396 e. The van der Waals surface area contributed by atoms with E-state index < -0.39 is 47.2 Å². The molecule has 2 aliphatic heterocycles. The van der Waals surface area contributed by atoms with E-state index in [0.717, 1.165) is 32.1 Å². The number of aliphatic hydroxyl groups excluding tert-OH is 3. The van der Waals surface area contributed by atoms with Crippen LogP contribution in [-0.2, 0) is 9.47 Å². The Morgan fingerprint density at radius 2 is 1.20 bits per heavy atom. The molecule has 4 rings (SSSR count). The highest BCUT2D eigenvalue weighted by molar-refractivity contribution is 5.30.